The maximum Gasteiger partial charge on any atom is 0.256 e. The number of fused-ring (bicyclic) bond motifs is 1. The highest BCUT2D eigenvalue weighted by atomic mass is 16.5. The molecule has 2 aromatic rings. The van der Waals surface area contributed by atoms with Gasteiger partial charge in [-0.1, -0.05) is 12.5 Å². The van der Waals surface area contributed by atoms with Crippen molar-refractivity contribution < 1.29 is 9.53 Å². The van der Waals surface area contributed by atoms with Crippen LogP contribution in [0.25, 0.3) is 5.65 Å². The Morgan fingerprint density at radius 1 is 1.37 bits per heavy atom. The van der Waals surface area contributed by atoms with Gasteiger partial charge in [0.15, 0.2) is 5.65 Å². The molecule has 0 radical (unpaired) electrons. The molecule has 3 aliphatic rings. The van der Waals surface area contributed by atoms with Gasteiger partial charge in [0.05, 0.1) is 13.3 Å². The Morgan fingerprint density at radius 2 is 2.20 bits per heavy atom. The lowest BCUT2D eigenvalue weighted by molar-refractivity contribution is -0.000600. The van der Waals surface area contributed by atoms with Crippen molar-refractivity contribution in [2.75, 3.05) is 31.3 Å². The summed E-state index contributed by atoms with van der Waals surface area (Å²) in [5, 5.41) is 17.1. The number of hydrogen-bond acceptors (Lipinski definition) is 7. The number of aromatic nitrogens is 3. The van der Waals surface area contributed by atoms with Crippen LogP contribution in [0.15, 0.2) is 36.0 Å². The summed E-state index contributed by atoms with van der Waals surface area (Å²) in [6, 6.07) is 2.10. The quantitative estimate of drug-likeness (QED) is 0.580. The summed E-state index contributed by atoms with van der Waals surface area (Å²) in [5.74, 6) is 1.85. The van der Waals surface area contributed by atoms with Crippen molar-refractivity contribution >= 4 is 23.2 Å². The summed E-state index contributed by atoms with van der Waals surface area (Å²) in [5.41, 5.74) is 2.27. The van der Waals surface area contributed by atoms with E-state index in [4.69, 9.17) is 4.74 Å². The molecule has 0 unspecified atom stereocenters. The molecule has 2 aromatic heterocycles. The first kappa shape index (κ1) is 18.8. The standard InChI is InChI=1S/C21H27N7O2/c1-22-17-9-16(26-15-5-3-8-23-20(15)30-2)27-18-14(12-24-28(17)18)19(29)25-13-10-21(11-13)6-4-7-21/h3,5,9,12-13,22-23H,4,6-8,10-11H2,1-2H3,(H,25,29)(H,26,27). The van der Waals surface area contributed by atoms with Gasteiger partial charge in [-0.3, -0.25) is 4.79 Å². The van der Waals surface area contributed by atoms with E-state index in [2.05, 4.69) is 31.3 Å². The first-order valence-electron chi connectivity index (χ1n) is 10.4. The minimum absolute atomic E-state index is 0.119. The smallest absolute Gasteiger partial charge is 0.256 e. The lowest BCUT2D eigenvalue weighted by Gasteiger charge is -2.54. The van der Waals surface area contributed by atoms with Crippen LogP contribution in [0, 0.1) is 5.41 Å². The van der Waals surface area contributed by atoms with Gasteiger partial charge in [-0.25, -0.2) is 4.98 Å². The van der Waals surface area contributed by atoms with Crippen molar-refractivity contribution in [3.63, 3.8) is 0 Å². The summed E-state index contributed by atoms with van der Waals surface area (Å²) in [7, 11) is 3.43. The maximum absolute atomic E-state index is 12.9. The number of amides is 1. The van der Waals surface area contributed by atoms with Crippen LogP contribution < -0.4 is 21.3 Å². The first-order valence-corrected chi connectivity index (χ1v) is 10.4. The number of carbonyl (C=O) groups is 1. The molecule has 2 fully saturated rings. The number of nitrogens with one attached hydrogen (secondary N) is 4. The number of ether oxygens (including phenoxy) is 1. The topological polar surface area (TPSA) is 105 Å². The summed E-state index contributed by atoms with van der Waals surface area (Å²) in [6.45, 7) is 0.706. The van der Waals surface area contributed by atoms with Gasteiger partial charge >= 0.3 is 0 Å². The zero-order valence-electron chi connectivity index (χ0n) is 17.3. The van der Waals surface area contributed by atoms with Crippen LogP contribution in [-0.2, 0) is 4.74 Å². The number of rotatable bonds is 6. The Hall–Kier alpha value is -3.23. The fraction of sp³-hybridized carbons (Fsp3) is 0.476. The normalized spacial score (nSPS) is 19.8. The molecule has 0 aromatic carbocycles. The Morgan fingerprint density at radius 3 is 2.90 bits per heavy atom. The number of nitrogens with zero attached hydrogens (tertiary/aromatic N) is 3. The van der Waals surface area contributed by atoms with Gasteiger partial charge in [0.2, 0.25) is 5.88 Å². The Labute approximate surface area is 175 Å². The van der Waals surface area contributed by atoms with Crippen molar-refractivity contribution in [2.45, 2.75) is 38.1 Å². The maximum atomic E-state index is 12.9. The molecule has 3 heterocycles. The molecular formula is C21H27N7O2. The van der Waals surface area contributed by atoms with Crippen molar-refractivity contribution in [1.29, 1.82) is 0 Å². The minimum Gasteiger partial charge on any atom is -0.481 e. The number of hydrogen-bond donors (Lipinski definition) is 4. The predicted molar refractivity (Wildman–Crippen MR) is 114 cm³/mol. The summed E-state index contributed by atoms with van der Waals surface area (Å²) < 4.78 is 7.04. The second-order valence-corrected chi connectivity index (χ2v) is 8.36. The molecule has 9 heteroatoms. The van der Waals surface area contributed by atoms with E-state index in [0.29, 0.717) is 34.9 Å². The number of allylic oxidation sites excluding steroid dienone is 1. The second kappa shape index (κ2) is 7.23. The van der Waals surface area contributed by atoms with Gasteiger partial charge in [0.1, 0.15) is 22.9 Å². The molecule has 30 heavy (non-hydrogen) atoms. The SMILES string of the molecule is CNc1cc(NC2=C(OC)NCC=C2)nc2c(C(=O)NC3CC4(CCC4)C3)cnn12. The third-order valence-electron chi connectivity index (χ3n) is 6.46. The number of dihydropyridines is 1. The molecule has 0 saturated heterocycles. The highest BCUT2D eigenvalue weighted by Crippen LogP contribution is 2.55. The second-order valence-electron chi connectivity index (χ2n) is 8.36. The van der Waals surface area contributed by atoms with Crippen LogP contribution in [0.2, 0.25) is 0 Å². The molecule has 1 amide bonds. The van der Waals surface area contributed by atoms with Crippen molar-refractivity contribution in [2.24, 2.45) is 5.41 Å². The van der Waals surface area contributed by atoms with Crippen LogP contribution in [0.4, 0.5) is 11.6 Å². The molecule has 1 spiro atoms. The van der Waals surface area contributed by atoms with Gasteiger partial charge in [-0.15, -0.1) is 0 Å². The van der Waals surface area contributed by atoms with Crippen molar-refractivity contribution in [1.82, 2.24) is 25.2 Å². The average Bonchev–Trinajstić information content (AvgIpc) is 3.12. The highest BCUT2D eigenvalue weighted by molar-refractivity contribution is 6.00. The van der Waals surface area contributed by atoms with E-state index < -0.39 is 0 Å². The van der Waals surface area contributed by atoms with Gasteiger partial charge in [0.25, 0.3) is 5.91 Å². The largest absolute Gasteiger partial charge is 0.481 e. The average molecular weight is 409 g/mol. The van der Waals surface area contributed by atoms with Crippen molar-refractivity contribution in [3.8, 4) is 0 Å². The zero-order valence-corrected chi connectivity index (χ0v) is 17.3. The van der Waals surface area contributed by atoms with Crippen molar-refractivity contribution in [3.05, 3.63) is 41.6 Å². The van der Waals surface area contributed by atoms with Crippen LogP contribution >= 0.6 is 0 Å². The predicted octanol–water partition coefficient (Wildman–Crippen LogP) is 2.22. The first-order chi connectivity index (χ1) is 14.6. The van der Waals surface area contributed by atoms with Gasteiger partial charge < -0.3 is 26.0 Å². The molecule has 4 N–H and O–H groups in total. The Balaban J connectivity index is 1.41. The van der Waals surface area contributed by atoms with E-state index in [-0.39, 0.29) is 11.9 Å². The zero-order chi connectivity index (χ0) is 20.7. The number of anilines is 2. The summed E-state index contributed by atoms with van der Waals surface area (Å²) >= 11 is 0. The summed E-state index contributed by atoms with van der Waals surface area (Å²) in [6.07, 6.45) is 11.6. The minimum atomic E-state index is -0.119. The van der Waals surface area contributed by atoms with Gasteiger partial charge in [-0.05, 0) is 37.2 Å². The third kappa shape index (κ3) is 3.14. The van der Waals surface area contributed by atoms with Gasteiger partial charge in [-0.2, -0.15) is 9.61 Å². The fourth-order valence-electron chi connectivity index (χ4n) is 4.72. The van der Waals surface area contributed by atoms with Crippen LogP contribution in [0.3, 0.4) is 0 Å². The molecule has 0 bridgehead atoms. The van der Waals surface area contributed by atoms with E-state index in [9.17, 15) is 4.79 Å². The summed E-state index contributed by atoms with van der Waals surface area (Å²) in [4.78, 5) is 17.6. The molecule has 2 aliphatic carbocycles. The number of methoxy groups -OCH3 is 1. The highest BCUT2D eigenvalue weighted by Gasteiger charge is 2.48. The molecule has 9 nitrogen and oxygen atoms in total. The van der Waals surface area contributed by atoms with E-state index >= 15 is 0 Å². The number of carbonyl (C=O) groups excluding carboxylic acids is 1. The fourth-order valence-corrected chi connectivity index (χ4v) is 4.72. The Kier molecular flexibility index (Phi) is 4.52. The monoisotopic (exact) mass is 409 g/mol. The molecular weight excluding hydrogens is 382 g/mol. The lowest BCUT2D eigenvalue weighted by atomic mass is 9.54. The molecule has 158 valence electrons. The van der Waals surface area contributed by atoms with Crippen LogP contribution in [-0.4, -0.2) is 47.2 Å². The van der Waals surface area contributed by atoms with E-state index in [1.54, 1.807) is 17.8 Å². The van der Waals surface area contributed by atoms with Crippen LogP contribution in [0.1, 0.15) is 42.5 Å². The van der Waals surface area contributed by atoms with E-state index in [1.165, 1.54) is 19.3 Å². The molecule has 1 aliphatic heterocycles. The molecule has 5 rings (SSSR count). The van der Waals surface area contributed by atoms with Gasteiger partial charge in [0, 0.05) is 25.7 Å². The lowest BCUT2D eigenvalue weighted by Crippen LogP contribution is -2.53. The van der Waals surface area contributed by atoms with Crippen LogP contribution in [0.5, 0.6) is 0 Å². The third-order valence-corrected chi connectivity index (χ3v) is 6.46. The molecule has 2 saturated carbocycles. The van der Waals surface area contributed by atoms with E-state index in [0.717, 1.165) is 24.4 Å². The Bertz CT molecular complexity index is 1040. The van der Waals surface area contributed by atoms with E-state index in [1.807, 2.05) is 25.3 Å². The molecule has 0 atom stereocenters.